The largest absolute Gasteiger partial charge is 0.367 e. The van der Waals surface area contributed by atoms with Gasteiger partial charge in [0.15, 0.2) is 0 Å². The molecule has 2 rings (SSSR count). The lowest BCUT2D eigenvalue weighted by Crippen LogP contribution is -2.56. The second-order valence-electron chi connectivity index (χ2n) is 6.01. The van der Waals surface area contributed by atoms with Crippen LogP contribution in [0.2, 0.25) is 0 Å². The molecule has 0 radical (unpaired) electrons. The summed E-state index contributed by atoms with van der Waals surface area (Å²) in [5.74, 6) is 0.911. The topological polar surface area (TPSA) is 55.6 Å². The quantitative estimate of drug-likeness (QED) is 0.805. The lowest BCUT2D eigenvalue weighted by atomic mass is 9.82. The maximum absolute atomic E-state index is 12.2. The van der Waals surface area contributed by atoms with E-state index < -0.39 is 0 Å². The Kier molecular flexibility index (Phi) is 3.73. The van der Waals surface area contributed by atoms with Gasteiger partial charge in [-0.05, 0) is 32.6 Å². The Morgan fingerprint density at radius 2 is 2.18 bits per heavy atom. The van der Waals surface area contributed by atoms with Crippen molar-refractivity contribution in [3.05, 3.63) is 0 Å². The first-order valence-corrected chi connectivity index (χ1v) is 6.66. The summed E-state index contributed by atoms with van der Waals surface area (Å²) in [5, 5.41) is 0. The van der Waals surface area contributed by atoms with Crippen LogP contribution in [0.15, 0.2) is 0 Å². The van der Waals surface area contributed by atoms with Crippen molar-refractivity contribution in [1.29, 1.82) is 0 Å². The monoisotopic (exact) mass is 240 g/mol. The Bertz CT molecular complexity index is 287. The summed E-state index contributed by atoms with van der Waals surface area (Å²) in [6.07, 6.45) is 4.44. The molecule has 1 saturated carbocycles. The third kappa shape index (κ3) is 3.19. The molecule has 0 aromatic rings. The predicted molar refractivity (Wildman–Crippen MR) is 66.5 cm³/mol. The van der Waals surface area contributed by atoms with Crippen molar-refractivity contribution in [1.82, 2.24) is 4.90 Å². The molecule has 4 nitrogen and oxygen atoms in total. The Labute approximate surface area is 103 Å². The molecule has 0 aromatic carbocycles. The van der Waals surface area contributed by atoms with Gasteiger partial charge in [0.2, 0.25) is 5.91 Å². The van der Waals surface area contributed by atoms with Gasteiger partial charge in [-0.2, -0.15) is 0 Å². The fraction of sp³-hybridized carbons (Fsp3) is 0.923. The van der Waals surface area contributed by atoms with Crippen molar-refractivity contribution < 1.29 is 9.53 Å². The average Bonchev–Trinajstić information content (AvgIpc) is 2.20. The standard InChI is InChI=1S/C13H24N2O2/c1-13(2)9-15(8-11(7-14)17-13)12(16)6-10-4-3-5-10/h10-11H,3-9,14H2,1-2H3. The van der Waals surface area contributed by atoms with E-state index >= 15 is 0 Å². The molecule has 2 aliphatic rings. The number of hydrogen-bond acceptors (Lipinski definition) is 3. The van der Waals surface area contributed by atoms with Crippen molar-refractivity contribution in [3.8, 4) is 0 Å². The van der Waals surface area contributed by atoms with Crippen molar-refractivity contribution in [2.24, 2.45) is 11.7 Å². The van der Waals surface area contributed by atoms with E-state index in [4.69, 9.17) is 10.5 Å². The summed E-state index contributed by atoms with van der Waals surface area (Å²) in [5.41, 5.74) is 5.40. The molecule has 17 heavy (non-hydrogen) atoms. The molecule has 98 valence electrons. The van der Waals surface area contributed by atoms with Gasteiger partial charge in [-0.3, -0.25) is 4.79 Å². The number of hydrogen-bond donors (Lipinski definition) is 1. The minimum absolute atomic E-state index is 0.0101. The minimum atomic E-state index is -0.266. The molecular formula is C13H24N2O2. The first-order valence-electron chi connectivity index (χ1n) is 6.66. The summed E-state index contributed by atoms with van der Waals surface area (Å²) in [6, 6.07) is 0. The molecule has 1 aliphatic carbocycles. The number of carbonyl (C=O) groups is 1. The number of ether oxygens (including phenoxy) is 1. The highest BCUT2D eigenvalue weighted by molar-refractivity contribution is 5.76. The van der Waals surface area contributed by atoms with Crippen molar-refractivity contribution >= 4 is 5.91 Å². The van der Waals surface area contributed by atoms with E-state index in [0.717, 1.165) is 0 Å². The lowest BCUT2D eigenvalue weighted by Gasteiger charge is -2.43. The van der Waals surface area contributed by atoms with E-state index in [0.29, 0.717) is 32.0 Å². The summed E-state index contributed by atoms with van der Waals surface area (Å²) in [6.45, 7) is 5.88. The summed E-state index contributed by atoms with van der Waals surface area (Å²) < 4.78 is 5.83. The van der Waals surface area contributed by atoms with Gasteiger partial charge < -0.3 is 15.4 Å². The Hall–Kier alpha value is -0.610. The molecular weight excluding hydrogens is 216 g/mol. The highest BCUT2D eigenvalue weighted by Gasteiger charge is 2.35. The number of carbonyl (C=O) groups excluding carboxylic acids is 1. The maximum atomic E-state index is 12.2. The highest BCUT2D eigenvalue weighted by atomic mass is 16.5. The van der Waals surface area contributed by atoms with E-state index in [1.807, 2.05) is 18.7 Å². The maximum Gasteiger partial charge on any atom is 0.223 e. The fourth-order valence-corrected chi connectivity index (χ4v) is 2.68. The lowest BCUT2D eigenvalue weighted by molar-refractivity contribution is -0.160. The molecule has 1 unspecified atom stereocenters. The molecule has 2 fully saturated rings. The van der Waals surface area contributed by atoms with Gasteiger partial charge >= 0.3 is 0 Å². The zero-order chi connectivity index (χ0) is 12.5. The normalized spacial score (nSPS) is 28.9. The number of amides is 1. The predicted octanol–water partition coefficient (Wildman–Crippen LogP) is 1.14. The van der Waals surface area contributed by atoms with Gasteiger partial charge in [-0.25, -0.2) is 0 Å². The van der Waals surface area contributed by atoms with Crippen LogP contribution in [0.3, 0.4) is 0 Å². The third-order valence-corrected chi connectivity index (χ3v) is 3.79. The van der Waals surface area contributed by atoms with Crippen molar-refractivity contribution in [2.75, 3.05) is 19.6 Å². The van der Waals surface area contributed by atoms with Crippen LogP contribution in [0.5, 0.6) is 0 Å². The van der Waals surface area contributed by atoms with Gasteiger partial charge in [0.1, 0.15) is 0 Å². The van der Waals surface area contributed by atoms with E-state index in [2.05, 4.69) is 0 Å². The second-order valence-corrected chi connectivity index (χ2v) is 6.01. The van der Waals surface area contributed by atoms with Crippen molar-refractivity contribution in [3.63, 3.8) is 0 Å². The SMILES string of the molecule is CC1(C)CN(C(=O)CC2CCC2)CC(CN)O1. The van der Waals surface area contributed by atoms with Gasteiger partial charge in [0, 0.05) is 26.1 Å². The van der Waals surface area contributed by atoms with Crippen LogP contribution in [0, 0.1) is 5.92 Å². The second kappa shape index (κ2) is 4.94. The number of rotatable bonds is 3. The molecule has 1 atom stereocenters. The van der Waals surface area contributed by atoms with Crippen LogP contribution >= 0.6 is 0 Å². The van der Waals surface area contributed by atoms with Crippen LogP contribution in [0.1, 0.15) is 39.5 Å². The van der Waals surface area contributed by atoms with Gasteiger partial charge in [0.25, 0.3) is 0 Å². The zero-order valence-electron chi connectivity index (χ0n) is 10.9. The van der Waals surface area contributed by atoms with Gasteiger partial charge in [-0.1, -0.05) is 6.42 Å². The summed E-state index contributed by atoms with van der Waals surface area (Å²) >= 11 is 0. The molecule has 0 aromatic heterocycles. The number of nitrogens with zero attached hydrogens (tertiary/aromatic N) is 1. The van der Waals surface area contributed by atoms with E-state index in [1.165, 1.54) is 19.3 Å². The molecule has 1 amide bonds. The third-order valence-electron chi connectivity index (χ3n) is 3.79. The first-order chi connectivity index (χ1) is 8.00. The van der Waals surface area contributed by atoms with E-state index in [-0.39, 0.29) is 17.6 Å². The van der Waals surface area contributed by atoms with Crippen LogP contribution in [-0.4, -0.2) is 42.1 Å². The molecule has 1 heterocycles. The van der Waals surface area contributed by atoms with Crippen LogP contribution in [-0.2, 0) is 9.53 Å². The number of morpholine rings is 1. The fourth-order valence-electron chi connectivity index (χ4n) is 2.68. The molecule has 0 spiro atoms. The smallest absolute Gasteiger partial charge is 0.223 e. The molecule has 4 heteroatoms. The zero-order valence-corrected chi connectivity index (χ0v) is 10.9. The molecule has 1 aliphatic heterocycles. The van der Waals surface area contributed by atoms with Crippen molar-refractivity contribution in [2.45, 2.75) is 51.2 Å². The molecule has 0 bridgehead atoms. The average molecular weight is 240 g/mol. The highest BCUT2D eigenvalue weighted by Crippen LogP contribution is 2.31. The van der Waals surface area contributed by atoms with Crippen LogP contribution < -0.4 is 5.73 Å². The number of nitrogens with two attached hydrogens (primary N) is 1. The Morgan fingerprint density at radius 3 is 2.71 bits per heavy atom. The Balaban J connectivity index is 1.91. The van der Waals surface area contributed by atoms with Crippen LogP contribution in [0.25, 0.3) is 0 Å². The minimum Gasteiger partial charge on any atom is -0.367 e. The van der Waals surface area contributed by atoms with E-state index in [9.17, 15) is 4.79 Å². The molecule has 2 N–H and O–H groups in total. The van der Waals surface area contributed by atoms with E-state index in [1.54, 1.807) is 0 Å². The van der Waals surface area contributed by atoms with Crippen LogP contribution in [0.4, 0.5) is 0 Å². The molecule has 1 saturated heterocycles. The summed E-state index contributed by atoms with van der Waals surface area (Å²) in [4.78, 5) is 14.1. The first kappa shape index (κ1) is 12.8. The Morgan fingerprint density at radius 1 is 1.47 bits per heavy atom. The van der Waals surface area contributed by atoms with Gasteiger partial charge in [-0.15, -0.1) is 0 Å². The summed E-state index contributed by atoms with van der Waals surface area (Å²) in [7, 11) is 0. The van der Waals surface area contributed by atoms with Gasteiger partial charge in [0.05, 0.1) is 11.7 Å².